The van der Waals surface area contributed by atoms with Crippen LogP contribution in [-0.2, 0) is 19.1 Å². The van der Waals surface area contributed by atoms with Gasteiger partial charge in [0.15, 0.2) is 6.23 Å². The van der Waals surface area contributed by atoms with Crippen molar-refractivity contribution >= 4 is 11.9 Å². The molecule has 0 aromatic carbocycles. The fourth-order valence-corrected chi connectivity index (χ4v) is 2.95. The number of nitrogens with one attached hydrogen (secondary N) is 1. The quantitative estimate of drug-likeness (QED) is 0.214. The molecule has 12 heteroatoms. The lowest BCUT2D eigenvalue weighted by Gasteiger charge is -2.16. The summed E-state index contributed by atoms with van der Waals surface area (Å²) in [7, 11) is 0. The normalized spacial score (nSPS) is 22.5. The number of carboxylic acids is 1. The van der Waals surface area contributed by atoms with E-state index >= 15 is 0 Å². The summed E-state index contributed by atoms with van der Waals surface area (Å²) >= 11 is 0. The number of carbonyl (C=O) groups excluding carboxylic acids is 2. The monoisotopic (exact) mass is 445 g/mol. The number of hydrogen-bond donors (Lipinski definition) is 4. The maximum Gasteiger partial charge on any atom is 0.330 e. The van der Waals surface area contributed by atoms with Crippen molar-refractivity contribution in [1.29, 1.82) is 0 Å². The van der Waals surface area contributed by atoms with Gasteiger partial charge in [0.05, 0.1) is 6.54 Å². The Morgan fingerprint density at radius 1 is 1.19 bits per heavy atom. The van der Waals surface area contributed by atoms with Gasteiger partial charge in [0.2, 0.25) is 0 Å². The van der Waals surface area contributed by atoms with E-state index in [4.69, 9.17) is 19.4 Å². The smallest absolute Gasteiger partial charge is 0.330 e. The van der Waals surface area contributed by atoms with Gasteiger partial charge in [0.1, 0.15) is 24.9 Å². The second kappa shape index (κ2) is 13.7. The minimum atomic E-state index is -1.40. The van der Waals surface area contributed by atoms with Gasteiger partial charge < -0.3 is 35.3 Å². The maximum absolute atomic E-state index is 11.8. The molecule has 1 aliphatic rings. The Balaban J connectivity index is 0.00000110. The van der Waals surface area contributed by atoms with E-state index in [-0.39, 0.29) is 13.0 Å². The summed E-state index contributed by atoms with van der Waals surface area (Å²) in [6.07, 6.45) is 1.47. The number of quaternary nitrogens is 1. The molecule has 1 aromatic heterocycles. The van der Waals surface area contributed by atoms with Gasteiger partial charge in [-0.1, -0.05) is 12.8 Å². The van der Waals surface area contributed by atoms with Crippen molar-refractivity contribution in [2.45, 2.75) is 70.0 Å². The minimum absolute atomic E-state index is 0.229. The van der Waals surface area contributed by atoms with Crippen LogP contribution >= 0.6 is 0 Å². The molecule has 12 nitrogen and oxygen atoms in total. The molecule has 1 fully saturated rings. The molecule has 4 atom stereocenters. The highest BCUT2D eigenvalue weighted by Crippen LogP contribution is 2.28. The van der Waals surface area contributed by atoms with Crippen molar-refractivity contribution < 1.29 is 40.1 Å². The Labute approximate surface area is 178 Å². The number of H-pyrrole nitrogens is 1. The summed E-state index contributed by atoms with van der Waals surface area (Å²) in [6, 6.07) is 1.11. The summed E-state index contributed by atoms with van der Waals surface area (Å²) in [5.74, 6) is -1.48. The summed E-state index contributed by atoms with van der Waals surface area (Å²) in [5, 5.41) is 29.1. The average molecular weight is 445 g/mol. The van der Waals surface area contributed by atoms with Gasteiger partial charge in [-0.2, -0.15) is 0 Å². The number of unbranched alkanes of at least 4 members (excludes halogenated alkanes) is 4. The Morgan fingerprint density at radius 3 is 2.42 bits per heavy atom. The number of ether oxygens (including phenoxy) is 2. The number of aliphatic hydroxyl groups is 2. The fourth-order valence-electron chi connectivity index (χ4n) is 2.95. The van der Waals surface area contributed by atoms with Crippen molar-refractivity contribution in [2.24, 2.45) is 0 Å². The van der Waals surface area contributed by atoms with Crippen LogP contribution in [0.4, 0.5) is 0 Å². The van der Waals surface area contributed by atoms with Crippen LogP contribution in [-0.4, -0.2) is 63.2 Å². The fraction of sp³-hybridized carbons (Fsp3) is 0.684. The number of rotatable bonds is 10. The van der Waals surface area contributed by atoms with E-state index in [1.165, 1.54) is 6.20 Å². The second-order valence-corrected chi connectivity index (χ2v) is 7.11. The third kappa shape index (κ3) is 9.42. The van der Waals surface area contributed by atoms with Gasteiger partial charge in [-0.3, -0.25) is 19.1 Å². The van der Waals surface area contributed by atoms with Crippen LogP contribution in [0.5, 0.6) is 0 Å². The zero-order valence-corrected chi connectivity index (χ0v) is 17.5. The highest BCUT2D eigenvalue weighted by atomic mass is 16.6. The van der Waals surface area contributed by atoms with E-state index in [9.17, 15) is 24.6 Å². The van der Waals surface area contributed by atoms with Crippen molar-refractivity contribution in [3.05, 3.63) is 33.1 Å². The maximum atomic E-state index is 11.8. The van der Waals surface area contributed by atoms with E-state index in [2.05, 4.69) is 5.73 Å². The Morgan fingerprint density at radius 2 is 1.81 bits per heavy atom. The van der Waals surface area contributed by atoms with Gasteiger partial charge >= 0.3 is 11.7 Å². The standard InChI is InChI=1S/C17H27N3O7.C2H4O2/c18-8-5-3-1-2-4-6-13(22)26-10-11-14(23)15(24)16(27-11)20-9-7-12(21)19-17(20)25;1-2(3)4/h7,9,11,14-16,23-24H,1-6,8,10,18H2,(H,19,21,25);1H3,(H,3,4)/t11-,14-,15-,16-;/m1./s1. The van der Waals surface area contributed by atoms with E-state index in [0.29, 0.717) is 0 Å². The largest absolute Gasteiger partial charge is 0.550 e. The zero-order chi connectivity index (χ0) is 23.4. The molecule has 1 aliphatic heterocycles. The van der Waals surface area contributed by atoms with Gasteiger partial charge in [0, 0.05) is 24.7 Å². The molecule has 1 saturated heterocycles. The van der Waals surface area contributed by atoms with Crippen LogP contribution < -0.4 is 22.1 Å². The lowest BCUT2D eigenvalue weighted by Crippen LogP contribution is -2.50. The van der Waals surface area contributed by atoms with Crippen LogP contribution in [0.2, 0.25) is 0 Å². The van der Waals surface area contributed by atoms with E-state index in [1.54, 1.807) is 0 Å². The number of hydrogen-bond acceptors (Lipinski definition) is 9. The first-order chi connectivity index (χ1) is 14.7. The molecule has 31 heavy (non-hydrogen) atoms. The summed E-state index contributed by atoms with van der Waals surface area (Å²) in [4.78, 5) is 45.7. The molecule has 0 unspecified atom stereocenters. The van der Waals surface area contributed by atoms with Crippen molar-refractivity contribution in [2.75, 3.05) is 13.2 Å². The van der Waals surface area contributed by atoms with Crippen LogP contribution in [0.15, 0.2) is 21.9 Å². The number of carboxylic acid groups (broad SMARTS) is 1. The Hall–Kier alpha value is -2.54. The molecular formula is C19H31N3O9. The number of aliphatic carboxylic acids is 1. The number of esters is 1. The first kappa shape index (κ1) is 26.5. The molecule has 176 valence electrons. The first-order valence-electron chi connectivity index (χ1n) is 10.1. The topological polar surface area (TPSA) is 199 Å². The summed E-state index contributed by atoms with van der Waals surface area (Å²) in [6.45, 7) is 1.66. The molecule has 0 saturated carbocycles. The molecule has 0 radical (unpaired) electrons. The number of aromatic amines is 1. The molecule has 2 heterocycles. The predicted octanol–water partition coefficient (Wildman–Crippen LogP) is -2.96. The number of nitrogens with zero attached hydrogens (tertiary/aromatic N) is 1. The van der Waals surface area contributed by atoms with Crippen molar-refractivity contribution in [3.63, 3.8) is 0 Å². The second-order valence-electron chi connectivity index (χ2n) is 7.11. The van der Waals surface area contributed by atoms with E-state index in [1.807, 2.05) is 4.98 Å². The summed E-state index contributed by atoms with van der Waals surface area (Å²) in [5.41, 5.74) is 2.43. The van der Waals surface area contributed by atoms with Crippen molar-refractivity contribution in [1.82, 2.24) is 9.55 Å². The number of carbonyl (C=O) groups is 2. The Bertz CT molecular complexity index is 803. The van der Waals surface area contributed by atoms with Crippen LogP contribution in [0.3, 0.4) is 0 Å². The van der Waals surface area contributed by atoms with Gasteiger partial charge in [-0.25, -0.2) is 4.79 Å². The molecule has 0 amide bonds. The van der Waals surface area contributed by atoms with Crippen LogP contribution in [0.1, 0.15) is 51.7 Å². The van der Waals surface area contributed by atoms with Crippen molar-refractivity contribution in [3.8, 4) is 0 Å². The molecule has 0 aliphatic carbocycles. The molecule has 2 rings (SSSR count). The van der Waals surface area contributed by atoms with Gasteiger partial charge in [-0.05, 0) is 26.2 Å². The minimum Gasteiger partial charge on any atom is -0.550 e. The lowest BCUT2D eigenvalue weighted by molar-refractivity contribution is -0.368. The molecule has 0 spiro atoms. The van der Waals surface area contributed by atoms with Gasteiger partial charge in [-0.15, -0.1) is 0 Å². The highest BCUT2D eigenvalue weighted by Gasteiger charge is 2.44. The average Bonchev–Trinajstić information content (AvgIpc) is 2.97. The molecule has 0 bridgehead atoms. The third-order valence-corrected chi connectivity index (χ3v) is 4.50. The summed E-state index contributed by atoms with van der Waals surface area (Å²) < 4.78 is 11.6. The number of aliphatic hydroxyl groups excluding tert-OH is 2. The SMILES string of the molecule is CC(=O)[O-].[NH3+]CCCCCCCC(=O)OC[C@H]1O[C@@H](n2ccc(=O)[nH]c2=O)[C@H](O)[C@@H]1O. The number of aromatic nitrogens is 2. The van der Waals surface area contributed by atoms with Crippen LogP contribution in [0.25, 0.3) is 0 Å². The van der Waals surface area contributed by atoms with Crippen LogP contribution in [0, 0.1) is 0 Å². The molecular weight excluding hydrogens is 414 g/mol. The third-order valence-electron chi connectivity index (χ3n) is 4.50. The first-order valence-corrected chi connectivity index (χ1v) is 10.1. The van der Waals surface area contributed by atoms with E-state index < -0.39 is 47.7 Å². The van der Waals surface area contributed by atoms with E-state index in [0.717, 1.165) is 56.2 Å². The molecule has 6 N–H and O–H groups in total. The Kier molecular flexibility index (Phi) is 11.7. The highest BCUT2D eigenvalue weighted by molar-refractivity contribution is 5.69. The molecule has 1 aromatic rings. The zero-order valence-electron chi connectivity index (χ0n) is 17.5. The lowest BCUT2D eigenvalue weighted by atomic mass is 10.1. The predicted molar refractivity (Wildman–Crippen MR) is 104 cm³/mol. The van der Waals surface area contributed by atoms with Gasteiger partial charge in [0.25, 0.3) is 5.56 Å².